The molecule has 0 fully saturated rings. The molecule has 0 aliphatic heterocycles. The minimum absolute atomic E-state index is 0.596. The second-order valence-corrected chi connectivity index (χ2v) is 7.73. The fourth-order valence-electron chi connectivity index (χ4n) is 3.69. The van der Waals surface area contributed by atoms with Crippen LogP contribution in [0, 0.1) is 0 Å². The van der Waals surface area contributed by atoms with E-state index in [1.807, 2.05) is 32.0 Å². The van der Waals surface area contributed by atoms with E-state index in [-0.39, 0.29) is 0 Å². The van der Waals surface area contributed by atoms with E-state index >= 15 is 0 Å². The van der Waals surface area contributed by atoms with E-state index < -0.39 is 0 Å². The zero-order valence-corrected chi connectivity index (χ0v) is 16.8. The van der Waals surface area contributed by atoms with Crippen molar-refractivity contribution in [3.05, 3.63) is 47.5 Å². The molecule has 1 unspecified atom stereocenters. The molecule has 2 aromatic carbocycles. The zero-order valence-electron chi connectivity index (χ0n) is 16.0. The van der Waals surface area contributed by atoms with Gasteiger partial charge in [-0.25, -0.2) is 0 Å². The van der Waals surface area contributed by atoms with Crippen LogP contribution < -0.4 is 9.47 Å². The van der Waals surface area contributed by atoms with Crippen LogP contribution >= 0.6 is 11.3 Å². The second kappa shape index (κ2) is 7.69. The summed E-state index contributed by atoms with van der Waals surface area (Å²) in [5.74, 6) is 2.15. The Labute approximate surface area is 164 Å². The molecule has 1 aliphatic carbocycles. The third kappa shape index (κ3) is 3.44. The van der Waals surface area contributed by atoms with Crippen LogP contribution in [-0.2, 0) is 6.42 Å². The van der Waals surface area contributed by atoms with Crippen LogP contribution in [0.5, 0.6) is 11.5 Å². The molecule has 4 rings (SSSR count). The molecule has 0 saturated carbocycles. The lowest BCUT2D eigenvalue weighted by atomic mass is 10.0. The van der Waals surface area contributed by atoms with Crippen molar-refractivity contribution in [3.63, 3.8) is 0 Å². The number of hydrogen-bond donors (Lipinski definition) is 0. The number of rotatable bonds is 6. The van der Waals surface area contributed by atoms with Gasteiger partial charge in [0.1, 0.15) is 10.0 Å². The summed E-state index contributed by atoms with van der Waals surface area (Å²) < 4.78 is 11.4. The van der Waals surface area contributed by atoms with E-state index in [1.54, 1.807) is 11.3 Å². The summed E-state index contributed by atoms with van der Waals surface area (Å²) in [6.07, 6.45) is 2.34. The summed E-state index contributed by atoms with van der Waals surface area (Å²) in [5.41, 5.74) is 5.14. The molecule has 0 spiro atoms. The molecular formula is C22H24N2O2S. The van der Waals surface area contributed by atoms with Gasteiger partial charge in [-0.3, -0.25) is 0 Å². The van der Waals surface area contributed by atoms with Gasteiger partial charge >= 0.3 is 0 Å². The van der Waals surface area contributed by atoms with Crippen molar-refractivity contribution >= 4 is 11.3 Å². The van der Waals surface area contributed by atoms with Crippen LogP contribution in [-0.4, -0.2) is 23.4 Å². The van der Waals surface area contributed by atoms with Crippen molar-refractivity contribution < 1.29 is 9.47 Å². The van der Waals surface area contributed by atoms with Gasteiger partial charge in [-0.05, 0) is 61.9 Å². The molecule has 0 amide bonds. The highest BCUT2D eigenvalue weighted by atomic mass is 32.1. The number of hydrogen-bond acceptors (Lipinski definition) is 5. The topological polar surface area (TPSA) is 44.2 Å². The SMILES string of the molecule is CCOc1ccc(-c2nnc(-c3cccc4c3CCC4C)s2)cc1OCC. The van der Waals surface area contributed by atoms with Gasteiger partial charge < -0.3 is 9.47 Å². The van der Waals surface area contributed by atoms with Crippen molar-refractivity contribution in [2.24, 2.45) is 0 Å². The van der Waals surface area contributed by atoms with Gasteiger partial charge in [0.2, 0.25) is 0 Å². The maximum Gasteiger partial charge on any atom is 0.161 e. The average Bonchev–Trinajstić information content (AvgIpc) is 3.31. The van der Waals surface area contributed by atoms with Crippen LogP contribution in [0.25, 0.3) is 21.1 Å². The predicted octanol–water partition coefficient (Wildman–Crippen LogP) is 5.72. The maximum atomic E-state index is 5.75. The van der Waals surface area contributed by atoms with Gasteiger partial charge in [0, 0.05) is 11.1 Å². The largest absolute Gasteiger partial charge is 0.490 e. The first kappa shape index (κ1) is 18.0. The Morgan fingerprint density at radius 3 is 2.59 bits per heavy atom. The Hall–Kier alpha value is -2.40. The standard InChI is InChI=1S/C22H24N2O2S/c1-4-25-19-12-10-15(13-20(19)26-5-2)21-23-24-22(27-21)18-8-6-7-16-14(3)9-11-17(16)18/h6-8,10,12-14H,4-5,9,11H2,1-3H3. The minimum atomic E-state index is 0.596. The third-order valence-electron chi connectivity index (χ3n) is 5.02. The normalized spacial score (nSPS) is 15.6. The van der Waals surface area contributed by atoms with Gasteiger partial charge in [0.25, 0.3) is 0 Å². The van der Waals surface area contributed by atoms with Crippen LogP contribution in [0.15, 0.2) is 36.4 Å². The molecule has 4 nitrogen and oxygen atoms in total. The smallest absolute Gasteiger partial charge is 0.161 e. The van der Waals surface area contributed by atoms with E-state index in [2.05, 4.69) is 35.3 Å². The lowest BCUT2D eigenvalue weighted by Crippen LogP contribution is -1.98. The first-order valence-corrected chi connectivity index (χ1v) is 10.4. The Morgan fingerprint density at radius 1 is 1.00 bits per heavy atom. The Bertz CT molecular complexity index is 951. The maximum absolute atomic E-state index is 5.75. The van der Waals surface area contributed by atoms with Crippen molar-refractivity contribution in [1.29, 1.82) is 0 Å². The van der Waals surface area contributed by atoms with Crippen molar-refractivity contribution in [1.82, 2.24) is 10.2 Å². The average molecular weight is 381 g/mol. The van der Waals surface area contributed by atoms with Crippen LogP contribution in [0.2, 0.25) is 0 Å². The Morgan fingerprint density at radius 2 is 1.78 bits per heavy atom. The number of fused-ring (bicyclic) bond motifs is 1. The van der Waals surface area contributed by atoms with E-state index in [9.17, 15) is 0 Å². The molecule has 0 bridgehead atoms. The first-order valence-electron chi connectivity index (χ1n) is 9.57. The Kier molecular flexibility index (Phi) is 5.12. The molecule has 27 heavy (non-hydrogen) atoms. The fourth-order valence-corrected chi connectivity index (χ4v) is 4.59. The van der Waals surface area contributed by atoms with E-state index in [0.717, 1.165) is 33.5 Å². The third-order valence-corrected chi connectivity index (χ3v) is 6.02. The number of benzene rings is 2. The molecule has 1 aliphatic rings. The summed E-state index contributed by atoms with van der Waals surface area (Å²) in [7, 11) is 0. The molecule has 1 aromatic heterocycles. The van der Waals surface area contributed by atoms with Crippen molar-refractivity contribution in [3.8, 4) is 32.6 Å². The Balaban J connectivity index is 1.69. The lowest BCUT2D eigenvalue weighted by Gasteiger charge is -2.11. The van der Waals surface area contributed by atoms with Crippen LogP contribution in [0.1, 0.15) is 44.2 Å². The number of aromatic nitrogens is 2. The van der Waals surface area contributed by atoms with Gasteiger partial charge in [0.15, 0.2) is 11.5 Å². The predicted molar refractivity (Wildman–Crippen MR) is 110 cm³/mol. The highest BCUT2D eigenvalue weighted by molar-refractivity contribution is 7.17. The van der Waals surface area contributed by atoms with Crippen LogP contribution in [0.4, 0.5) is 0 Å². The van der Waals surface area contributed by atoms with Gasteiger partial charge in [0.05, 0.1) is 13.2 Å². The molecule has 1 heterocycles. The van der Waals surface area contributed by atoms with Crippen molar-refractivity contribution in [2.45, 2.75) is 39.5 Å². The molecule has 1 atom stereocenters. The zero-order chi connectivity index (χ0) is 18.8. The summed E-state index contributed by atoms with van der Waals surface area (Å²) >= 11 is 1.63. The highest BCUT2D eigenvalue weighted by Crippen LogP contribution is 2.41. The number of ether oxygens (including phenoxy) is 2. The van der Waals surface area contributed by atoms with E-state index in [0.29, 0.717) is 19.1 Å². The summed E-state index contributed by atoms with van der Waals surface area (Å²) in [6, 6.07) is 12.5. The highest BCUT2D eigenvalue weighted by Gasteiger charge is 2.23. The summed E-state index contributed by atoms with van der Waals surface area (Å²) in [5, 5.41) is 10.8. The quantitative estimate of drug-likeness (QED) is 0.549. The number of nitrogens with zero attached hydrogens (tertiary/aromatic N) is 2. The van der Waals surface area contributed by atoms with Crippen molar-refractivity contribution in [2.75, 3.05) is 13.2 Å². The monoisotopic (exact) mass is 380 g/mol. The van der Waals surface area contributed by atoms with E-state index in [1.165, 1.54) is 23.1 Å². The molecule has 0 N–H and O–H groups in total. The second-order valence-electron chi connectivity index (χ2n) is 6.75. The fraction of sp³-hybridized carbons (Fsp3) is 0.364. The molecule has 140 valence electrons. The van der Waals surface area contributed by atoms with Gasteiger partial charge in [-0.2, -0.15) is 0 Å². The minimum Gasteiger partial charge on any atom is -0.490 e. The molecule has 0 saturated heterocycles. The molecule has 3 aromatic rings. The molecular weight excluding hydrogens is 356 g/mol. The summed E-state index contributed by atoms with van der Waals surface area (Å²) in [6.45, 7) is 7.46. The first-order chi connectivity index (χ1) is 13.2. The van der Waals surface area contributed by atoms with E-state index in [4.69, 9.17) is 9.47 Å². The summed E-state index contributed by atoms with van der Waals surface area (Å²) in [4.78, 5) is 0. The molecule has 5 heteroatoms. The van der Waals surface area contributed by atoms with Gasteiger partial charge in [-0.1, -0.05) is 36.5 Å². The van der Waals surface area contributed by atoms with Gasteiger partial charge in [-0.15, -0.1) is 10.2 Å². The molecule has 0 radical (unpaired) electrons. The van der Waals surface area contributed by atoms with Crippen LogP contribution in [0.3, 0.4) is 0 Å². The lowest BCUT2D eigenvalue weighted by molar-refractivity contribution is 0.288.